The highest BCUT2D eigenvalue weighted by Gasteiger charge is 2.22. The molecule has 7 nitrogen and oxygen atoms in total. The molecule has 0 saturated heterocycles. The van der Waals surface area contributed by atoms with E-state index in [2.05, 4.69) is 38.1 Å². The number of benzene rings is 2. The van der Waals surface area contributed by atoms with Crippen LogP contribution in [0.5, 0.6) is 5.75 Å². The molecule has 3 heterocycles. The van der Waals surface area contributed by atoms with Crippen LogP contribution in [0.15, 0.2) is 66.1 Å². The number of aromatic amines is 1. The molecule has 1 aliphatic rings. The Balaban J connectivity index is 1.36. The second-order valence-electron chi connectivity index (χ2n) is 8.12. The van der Waals surface area contributed by atoms with Crippen molar-refractivity contribution in [1.82, 2.24) is 19.9 Å². The highest BCUT2D eigenvalue weighted by molar-refractivity contribution is 7.90. The van der Waals surface area contributed by atoms with Crippen molar-refractivity contribution in [2.75, 3.05) is 12.8 Å². The van der Waals surface area contributed by atoms with Gasteiger partial charge in [-0.3, -0.25) is 4.90 Å². The largest absolute Gasteiger partial charge is 0.488 e. The maximum Gasteiger partial charge on any atom is 0.246 e. The van der Waals surface area contributed by atoms with Gasteiger partial charge < -0.3 is 9.72 Å². The van der Waals surface area contributed by atoms with Crippen molar-refractivity contribution in [3.8, 4) is 5.75 Å². The van der Waals surface area contributed by atoms with E-state index in [1.807, 2.05) is 36.5 Å². The smallest absolute Gasteiger partial charge is 0.246 e. The summed E-state index contributed by atoms with van der Waals surface area (Å²) in [6, 6.07) is 16.2. The standard InChI is InChI=1S/C24H24N4O3S/c1-32(29,30)24-26-12-18-14-28(11-10-20(18)27-24)15-19-13-25-21-8-5-9-22(23(19)21)31-16-17-6-3-2-4-7-17/h2-9,12-13,25H,10-11,14-16H2,1H3. The maximum absolute atomic E-state index is 11.7. The summed E-state index contributed by atoms with van der Waals surface area (Å²) in [5.74, 6) is 0.862. The molecule has 0 amide bonds. The predicted octanol–water partition coefficient (Wildman–Crippen LogP) is 3.50. The number of nitrogens with zero attached hydrogens (tertiary/aromatic N) is 3. The molecule has 0 unspecified atom stereocenters. The molecule has 1 aliphatic heterocycles. The van der Waals surface area contributed by atoms with E-state index in [0.717, 1.165) is 52.8 Å². The van der Waals surface area contributed by atoms with Crippen LogP contribution in [0.1, 0.15) is 22.4 Å². The summed E-state index contributed by atoms with van der Waals surface area (Å²) < 4.78 is 29.7. The van der Waals surface area contributed by atoms with Crippen molar-refractivity contribution in [1.29, 1.82) is 0 Å². The van der Waals surface area contributed by atoms with Crippen LogP contribution in [-0.4, -0.2) is 41.1 Å². The first kappa shape index (κ1) is 20.7. The van der Waals surface area contributed by atoms with E-state index in [1.165, 1.54) is 5.56 Å². The summed E-state index contributed by atoms with van der Waals surface area (Å²) in [5.41, 5.74) is 5.14. The molecule has 2 aromatic heterocycles. The van der Waals surface area contributed by atoms with E-state index >= 15 is 0 Å². The van der Waals surface area contributed by atoms with Crippen LogP contribution in [0.2, 0.25) is 0 Å². The molecular weight excluding hydrogens is 424 g/mol. The third kappa shape index (κ3) is 4.24. The van der Waals surface area contributed by atoms with E-state index in [1.54, 1.807) is 6.20 Å². The number of hydrogen-bond donors (Lipinski definition) is 1. The SMILES string of the molecule is CS(=O)(=O)c1ncc2c(n1)CCN(Cc1c[nH]c3cccc(OCc4ccccc4)c13)C2. The van der Waals surface area contributed by atoms with Gasteiger partial charge in [-0.2, -0.15) is 0 Å². The Bertz CT molecular complexity index is 1370. The molecular formula is C24H24N4O3S. The Hall–Kier alpha value is -3.23. The molecule has 5 rings (SSSR count). The fraction of sp³-hybridized carbons (Fsp3) is 0.250. The quantitative estimate of drug-likeness (QED) is 0.454. The van der Waals surface area contributed by atoms with Gasteiger partial charge in [-0.15, -0.1) is 0 Å². The molecule has 0 bridgehead atoms. The van der Waals surface area contributed by atoms with E-state index in [4.69, 9.17) is 4.74 Å². The van der Waals surface area contributed by atoms with Crippen molar-refractivity contribution < 1.29 is 13.2 Å². The third-order valence-corrected chi connectivity index (χ3v) is 6.56. The van der Waals surface area contributed by atoms with E-state index in [-0.39, 0.29) is 5.16 Å². The highest BCUT2D eigenvalue weighted by atomic mass is 32.2. The second kappa shape index (κ2) is 8.37. The van der Waals surface area contributed by atoms with Crippen molar-refractivity contribution >= 4 is 20.7 Å². The van der Waals surface area contributed by atoms with Crippen molar-refractivity contribution in [3.63, 3.8) is 0 Å². The van der Waals surface area contributed by atoms with E-state index in [9.17, 15) is 8.42 Å². The van der Waals surface area contributed by atoms with Gasteiger partial charge in [-0.05, 0) is 23.3 Å². The van der Waals surface area contributed by atoms with Crippen molar-refractivity contribution in [2.24, 2.45) is 0 Å². The minimum atomic E-state index is -3.40. The van der Waals surface area contributed by atoms with Gasteiger partial charge in [0.15, 0.2) is 0 Å². The van der Waals surface area contributed by atoms with Gasteiger partial charge in [0, 0.05) is 61.2 Å². The Morgan fingerprint density at radius 2 is 1.97 bits per heavy atom. The summed E-state index contributed by atoms with van der Waals surface area (Å²) in [4.78, 5) is 14.0. The van der Waals surface area contributed by atoms with Crippen LogP contribution < -0.4 is 4.74 Å². The van der Waals surface area contributed by atoms with Gasteiger partial charge in [0.05, 0.1) is 5.69 Å². The fourth-order valence-electron chi connectivity index (χ4n) is 4.11. The highest BCUT2D eigenvalue weighted by Crippen LogP contribution is 2.31. The lowest BCUT2D eigenvalue weighted by atomic mass is 10.1. The molecule has 0 atom stereocenters. The predicted molar refractivity (Wildman–Crippen MR) is 122 cm³/mol. The number of nitrogens with one attached hydrogen (secondary N) is 1. The lowest BCUT2D eigenvalue weighted by Crippen LogP contribution is -2.31. The molecule has 2 aromatic carbocycles. The Morgan fingerprint density at radius 3 is 2.78 bits per heavy atom. The summed E-state index contributed by atoms with van der Waals surface area (Å²) in [7, 11) is -3.40. The Labute approximate surface area is 187 Å². The Morgan fingerprint density at radius 1 is 1.12 bits per heavy atom. The fourth-order valence-corrected chi connectivity index (χ4v) is 4.63. The lowest BCUT2D eigenvalue weighted by Gasteiger charge is -2.27. The topological polar surface area (TPSA) is 88.2 Å². The zero-order valence-electron chi connectivity index (χ0n) is 17.8. The van der Waals surface area contributed by atoms with Crippen LogP contribution in [0.3, 0.4) is 0 Å². The van der Waals surface area contributed by atoms with Crippen LogP contribution in [0, 0.1) is 0 Å². The molecule has 4 aromatic rings. The van der Waals surface area contributed by atoms with Crippen molar-refractivity contribution in [2.45, 2.75) is 31.3 Å². The van der Waals surface area contributed by atoms with E-state index in [0.29, 0.717) is 19.6 Å². The van der Waals surface area contributed by atoms with E-state index < -0.39 is 9.84 Å². The molecule has 0 radical (unpaired) electrons. The molecule has 0 aliphatic carbocycles. The number of H-pyrrole nitrogens is 1. The minimum absolute atomic E-state index is 0.0958. The molecule has 8 heteroatoms. The average molecular weight is 449 g/mol. The first-order chi connectivity index (χ1) is 15.5. The van der Waals surface area contributed by atoms with Crippen LogP contribution in [0.25, 0.3) is 10.9 Å². The van der Waals surface area contributed by atoms with Gasteiger partial charge >= 0.3 is 0 Å². The molecule has 0 fully saturated rings. The monoisotopic (exact) mass is 448 g/mol. The zero-order valence-corrected chi connectivity index (χ0v) is 18.6. The second-order valence-corrected chi connectivity index (χ2v) is 10.0. The number of fused-ring (bicyclic) bond motifs is 2. The van der Waals surface area contributed by atoms with Crippen LogP contribution >= 0.6 is 0 Å². The molecule has 0 spiro atoms. The number of ether oxygens (including phenoxy) is 1. The first-order valence-electron chi connectivity index (χ1n) is 10.5. The van der Waals surface area contributed by atoms with Gasteiger partial charge in [0.25, 0.3) is 0 Å². The van der Waals surface area contributed by atoms with Gasteiger partial charge in [0.1, 0.15) is 12.4 Å². The third-order valence-electron chi connectivity index (χ3n) is 5.70. The molecule has 164 valence electrons. The molecule has 1 N–H and O–H groups in total. The van der Waals surface area contributed by atoms with Gasteiger partial charge in [-0.1, -0.05) is 36.4 Å². The Kier molecular flexibility index (Phi) is 5.40. The number of sulfone groups is 1. The van der Waals surface area contributed by atoms with Crippen LogP contribution in [-0.2, 0) is 36.0 Å². The lowest BCUT2D eigenvalue weighted by molar-refractivity contribution is 0.242. The zero-order chi connectivity index (χ0) is 22.1. The summed E-state index contributed by atoms with van der Waals surface area (Å²) in [6.45, 7) is 2.74. The van der Waals surface area contributed by atoms with Gasteiger partial charge in [0.2, 0.25) is 15.0 Å². The number of hydrogen-bond acceptors (Lipinski definition) is 6. The summed E-state index contributed by atoms with van der Waals surface area (Å²) in [6.07, 6.45) is 5.52. The minimum Gasteiger partial charge on any atom is -0.488 e. The van der Waals surface area contributed by atoms with Crippen molar-refractivity contribution in [3.05, 3.63) is 83.3 Å². The molecule has 32 heavy (non-hydrogen) atoms. The molecule has 0 saturated carbocycles. The maximum atomic E-state index is 11.7. The summed E-state index contributed by atoms with van der Waals surface area (Å²) in [5, 5.41) is 0.999. The first-order valence-corrected chi connectivity index (χ1v) is 12.4. The van der Waals surface area contributed by atoms with Crippen LogP contribution in [0.4, 0.5) is 0 Å². The number of aromatic nitrogens is 3. The summed E-state index contributed by atoms with van der Waals surface area (Å²) >= 11 is 0. The average Bonchev–Trinajstić information content (AvgIpc) is 3.21. The number of rotatable bonds is 6. The normalized spacial score (nSPS) is 14.4. The van der Waals surface area contributed by atoms with Gasteiger partial charge in [-0.25, -0.2) is 18.4 Å².